The Hall–Kier alpha value is -2.75. The zero-order valence-electron chi connectivity index (χ0n) is 16.9. The summed E-state index contributed by atoms with van der Waals surface area (Å²) in [7, 11) is 0. The average molecular weight is 367 g/mol. The molecule has 0 aliphatic heterocycles. The van der Waals surface area contributed by atoms with Crippen molar-refractivity contribution < 1.29 is 15.0 Å². The zero-order valence-corrected chi connectivity index (χ0v) is 16.9. The lowest BCUT2D eigenvalue weighted by molar-refractivity contribution is -0.131. The Morgan fingerprint density at radius 3 is 1.96 bits per heavy atom. The summed E-state index contributed by atoms with van der Waals surface area (Å²) in [5.41, 5.74) is 3.75. The summed E-state index contributed by atoms with van der Waals surface area (Å²) in [4.78, 5) is 10.9. The van der Waals surface area contributed by atoms with E-state index in [4.69, 9.17) is 5.11 Å². The first-order chi connectivity index (χ1) is 12.4. The number of hydrogen-bond donors (Lipinski definition) is 3. The van der Waals surface area contributed by atoms with Crippen LogP contribution in [0.5, 0.6) is 5.75 Å². The van der Waals surface area contributed by atoms with Crippen LogP contribution in [0, 0.1) is 0 Å². The summed E-state index contributed by atoms with van der Waals surface area (Å²) in [6.07, 6.45) is 2.69. The van der Waals surface area contributed by atoms with Crippen LogP contribution in [0.15, 0.2) is 42.5 Å². The number of rotatable bonds is 4. The van der Waals surface area contributed by atoms with Crippen molar-refractivity contribution in [3.05, 3.63) is 59.2 Å². The van der Waals surface area contributed by atoms with Crippen LogP contribution in [0.3, 0.4) is 0 Å². The van der Waals surface area contributed by atoms with Gasteiger partial charge in [-0.05, 0) is 40.7 Å². The monoisotopic (exact) mass is 367 g/mol. The second-order valence-corrected chi connectivity index (χ2v) is 8.80. The first kappa shape index (κ1) is 20.6. The molecule has 0 radical (unpaired) electrons. The molecule has 0 aliphatic carbocycles. The molecule has 27 heavy (non-hydrogen) atoms. The molecule has 0 spiro atoms. The van der Waals surface area contributed by atoms with E-state index in [9.17, 15) is 9.90 Å². The van der Waals surface area contributed by atoms with Crippen molar-refractivity contribution in [3.63, 3.8) is 0 Å². The number of hydrogen-bond acceptors (Lipinski definition) is 3. The Labute approximate surface area is 161 Å². The lowest BCUT2D eigenvalue weighted by atomic mass is 9.79. The van der Waals surface area contributed by atoms with Gasteiger partial charge in [-0.25, -0.2) is 4.79 Å². The third-order valence-corrected chi connectivity index (χ3v) is 4.37. The van der Waals surface area contributed by atoms with E-state index in [0.29, 0.717) is 5.75 Å². The molecule has 3 N–H and O–H groups in total. The fourth-order valence-electron chi connectivity index (χ4n) is 2.92. The Bertz CT molecular complexity index is 833. The minimum Gasteiger partial charge on any atom is -0.507 e. The maximum atomic E-state index is 10.9. The third kappa shape index (κ3) is 5.13. The van der Waals surface area contributed by atoms with Gasteiger partial charge < -0.3 is 15.5 Å². The van der Waals surface area contributed by atoms with E-state index in [1.54, 1.807) is 6.08 Å². The number of nitrogens with one attached hydrogen (secondary N) is 1. The molecule has 0 unspecified atom stereocenters. The number of aromatic hydroxyl groups is 1. The maximum absolute atomic E-state index is 10.9. The van der Waals surface area contributed by atoms with E-state index in [-0.39, 0.29) is 10.8 Å². The smallest absolute Gasteiger partial charge is 0.328 e. The van der Waals surface area contributed by atoms with Gasteiger partial charge in [-0.2, -0.15) is 0 Å². The highest BCUT2D eigenvalue weighted by atomic mass is 16.4. The van der Waals surface area contributed by atoms with Crippen molar-refractivity contribution in [2.24, 2.45) is 0 Å². The van der Waals surface area contributed by atoms with Gasteiger partial charge >= 0.3 is 5.97 Å². The number of carboxylic acids is 1. The van der Waals surface area contributed by atoms with E-state index >= 15 is 0 Å². The summed E-state index contributed by atoms with van der Waals surface area (Å²) in [6.45, 7) is 12.4. The number of aliphatic carboxylic acids is 1. The predicted molar refractivity (Wildman–Crippen MR) is 112 cm³/mol. The zero-order chi connectivity index (χ0) is 20.4. The van der Waals surface area contributed by atoms with Crippen molar-refractivity contribution in [1.82, 2.24) is 0 Å². The van der Waals surface area contributed by atoms with Crippen molar-refractivity contribution in [2.45, 2.75) is 52.4 Å². The Morgan fingerprint density at radius 1 is 0.963 bits per heavy atom. The van der Waals surface area contributed by atoms with E-state index in [0.717, 1.165) is 34.1 Å². The second kappa shape index (κ2) is 7.47. The third-order valence-electron chi connectivity index (χ3n) is 4.37. The number of anilines is 2. The first-order valence-electron chi connectivity index (χ1n) is 9.04. The lowest BCUT2D eigenvalue weighted by Gasteiger charge is -2.28. The van der Waals surface area contributed by atoms with Crippen molar-refractivity contribution in [1.29, 1.82) is 0 Å². The summed E-state index contributed by atoms with van der Waals surface area (Å²) < 4.78 is 0. The second-order valence-electron chi connectivity index (χ2n) is 8.80. The van der Waals surface area contributed by atoms with Gasteiger partial charge in [0.1, 0.15) is 5.75 Å². The molecule has 0 aliphatic rings. The van der Waals surface area contributed by atoms with E-state index in [1.165, 1.54) is 0 Å². The van der Waals surface area contributed by atoms with Gasteiger partial charge in [0.05, 0.1) is 0 Å². The van der Waals surface area contributed by atoms with Gasteiger partial charge in [-0.15, -0.1) is 0 Å². The molecule has 0 saturated carbocycles. The summed E-state index contributed by atoms with van der Waals surface area (Å²) in [5.74, 6) is -0.654. The molecule has 0 heterocycles. The lowest BCUT2D eigenvalue weighted by Crippen LogP contribution is -2.17. The van der Waals surface area contributed by atoms with Crippen LogP contribution in [0.4, 0.5) is 11.4 Å². The van der Waals surface area contributed by atoms with Crippen LogP contribution in [0.1, 0.15) is 58.2 Å². The summed E-state index contributed by atoms with van der Waals surface area (Å²) >= 11 is 0. The molecule has 4 nitrogen and oxygen atoms in total. The fourth-order valence-corrected chi connectivity index (χ4v) is 2.92. The fraction of sp³-hybridized carbons (Fsp3) is 0.348. The minimum atomic E-state index is -0.987. The van der Waals surface area contributed by atoms with Gasteiger partial charge in [0.2, 0.25) is 0 Å². The van der Waals surface area contributed by atoms with Crippen molar-refractivity contribution >= 4 is 23.4 Å². The molecule has 0 bridgehead atoms. The van der Waals surface area contributed by atoms with Crippen molar-refractivity contribution in [3.8, 4) is 5.75 Å². The van der Waals surface area contributed by atoms with Crippen LogP contribution in [0.25, 0.3) is 6.08 Å². The van der Waals surface area contributed by atoms with E-state index in [2.05, 4.69) is 46.9 Å². The van der Waals surface area contributed by atoms with Gasteiger partial charge in [0.25, 0.3) is 0 Å². The molecule has 0 aromatic heterocycles. The molecule has 0 saturated heterocycles. The molecular weight excluding hydrogens is 338 g/mol. The number of phenols is 1. The number of benzene rings is 2. The highest BCUT2D eigenvalue weighted by Crippen LogP contribution is 2.41. The SMILES string of the molecule is CC(C)(C)c1cc(Nc2ccccc2C=CC(=O)O)cc(C(C)(C)C)c1O. The quantitative estimate of drug-likeness (QED) is 0.470. The molecule has 0 atom stereocenters. The molecule has 2 aromatic carbocycles. The van der Waals surface area contributed by atoms with Crippen LogP contribution >= 0.6 is 0 Å². The molecule has 2 aromatic rings. The Balaban J connectivity index is 2.56. The van der Waals surface area contributed by atoms with Crippen LogP contribution < -0.4 is 5.32 Å². The molecule has 0 amide bonds. The highest BCUT2D eigenvalue weighted by Gasteiger charge is 2.26. The molecule has 4 heteroatoms. The largest absolute Gasteiger partial charge is 0.507 e. The minimum absolute atomic E-state index is 0.218. The highest BCUT2D eigenvalue weighted by molar-refractivity contribution is 5.87. The number of carboxylic acid groups (broad SMARTS) is 1. The first-order valence-corrected chi connectivity index (χ1v) is 9.04. The van der Waals surface area contributed by atoms with Gasteiger partial charge in [-0.3, -0.25) is 0 Å². The van der Waals surface area contributed by atoms with Crippen LogP contribution in [0.2, 0.25) is 0 Å². The molecule has 144 valence electrons. The number of para-hydroxylation sites is 1. The number of carbonyl (C=O) groups is 1. The average Bonchev–Trinajstić information content (AvgIpc) is 2.53. The van der Waals surface area contributed by atoms with Crippen molar-refractivity contribution in [2.75, 3.05) is 5.32 Å². The summed E-state index contributed by atoms with van der Waals surface area (Å²) in [5, 5.41) is 23.1. The summed E-state index contributed by atoms with van der Waals surface area (Å²) in [6, 6.07) is 11.4. The molecular formula is C23H29NO3. The van der Waals surface area contributed by atoms with E-state index < -0.39 is 5.97 Å². The normalized spacial score (nSPS) is 12.4. The molecule has 2 rings (SSSR count). The number of phenolic OH excluding ortho intramolecular Hbond substituents is 1. The maximum Gasteiger partial charge on any atom is 0.328 e. The van der Waals surface area contributed by atoms with Crippen LogP contribution in [-0.4, -0.2) is 16.2 Å². The predicted octanol–water partition coefficient (Wildman–Crippen LogP) is 5.83. The van der Waals surface area contributed by atoms with Crippen LogP contribution in [-0.2, 0) is 15.6 Å². The van der Waals surface area contributed by atoms with Gasteiger partial charge in [0.15, 0.2) is 0 Å². The Morgan fingerprint density at radius 2 is 1.48 bits per heavy atom. The van der Waals surface area contributed by atoms with Gasteiger partial charge in [-0.1, -0.05) is 59.7 Å². The topological polar surface area (TPSA) is 69.6 Å². The van der Waals surface area contributed by atoms with Gasteiger partial charge in [0, 0.05) is 28.6 Å². The Kier molecular flexibility index (Phi) is 5.69. The molecule has 0 fully saturated rings. The van der Waals surface area contributed by atoms with E-state index in [1.807, 2.05) is 36.4 Å². The standard InChI is InChI=1S/C23H29NO3/c1-22(2,3)17-13-16(14-18(21(17)27)23(4,5)6)24-19-10-8-7-9-15(19)11-12-20(25)26/h7-14,24,27H,1-6H3,(H,25,26).